The first kappa shape index (κ1) is 14.6. The van der Waals surface area contributed by atoms with Gasteiger partial charge in [-0.25, -0.2) is 0 Å². The van der Waals surface area contributed by atoms with Gasteiger partial charge in [0.2, 0.25) is 0 Å². The van der Waals surface area contributed by atoms with Crippen LogP contribution in [-0.4, -0.2) is 51.0 Å². The molecular formula is C16H24N2O3. The number of nitrogens with two attached hydrogens (primary N) is 1. The predicted octanol–water partition coefficient (Wildman–Crippen LogP) is 1.57. The van der Waals surface area contributed by atoms with E-state index in [-0.39, 0.29) is 12.1 Å². The van der Waals surface area contributed by atoms with Crippen molar-refractivity contribution in [1.29, 1.82) is 0 Å². The van der Waals surface area contributed by atoms with Gasteiger partial charge in [-0.15, -0.1) is 0 Å². The summed E-state index contributed by atoms with van der Waals surface area (Å²) >= 11 is 0. The van der Waals surface area contributed by atoms with Crippen molar-refractivity contribution in [2.75, 3.05) is 33.9 Å². The van der Waals surface area contributed by atoms with Crippen LogP contribution in [-0.2, 0) is 4.74 Å². The molecule has 1 saturated carbocycles. The van der Waals surface area contributed by atoms with Gasteiger partial charge in [-0.3, -0.25) is 4.90 Å². The number of rotatable bonds is 5. The summed E-state index contributed by atoms with van der Waals surface area (Å²) in [7, 11) is 3.32. The lowest BCUT2D eigenvalue weighted by Gasteiger charge is -2.41. The summed E-state index contributed by atoms with van der Waals surface area (Å²) in [5.74, 6) is 1.51. The summed E-state index contributed by atoms with van der Waals surface area (Å²) in [6.07, 6.45) is 2.60. The molecule has 1 heterocycles. The third-order valence-electron chi connectivity index (χ3n) is 4.39. The maximum Gasteiger partial charge on any atom is 0.161 e. The molecule has 1 aromatic carbocycles. The van der Waals surface area contributed by atoms with Gasteiger partial charge in [0.1, 0.15) is 0 Å². The van der Waals surface area contributed by atoms with Crippen molar-refractivity contribution in [2.45, 2.75) is 31.0 Å². The molecule has 1 aliphatic heterocycles. The van der Waals surface area contributed by atoms with Crippen LogP contribution >= 0.6 is 0 Å². The number of ether oxygens (including phenoxy) is 3. The van der Waals surface area contributed by atoms with Crippen molar-refractivity contribution in [3.05, 3.63) is 23.8 Å². The molecule has 3 rings (SSSR count). The lowest BCUT2D eigenvalue weighted by molar-refractivity contribution is -0.0713. The quantitative estimate of drug-likeness (QED) is 0.892. The number of hydrogen-bond acceptors (Lipinski definition) is 5. The Bertz CT molecular complexity index is 490. The second-order valence-electron chi connectivity index (χ2n) is 5.67. The fourth-order valence-corrected chi connectivity index (χ4v) is 3.21. The molecule has 0 radical (unpaired) electrons. The van der Waals surface area contributed by atoms with Gasteiger partial charge in [-0.05, 0) is 30.5 Å². The largest absolute Gasteiger partial charge is 0.493 e. The van der Waals surface area contributed by atoms with Crippen LogP contribution in [0.2, 0.25) is 0 Å². The van der Waals surface area contributed by atoms with Gasteiger partial charge >= 0.3 is 0 Å². The zero-order chi connectivity index (χ0) is 14.8. The second kappa shape index (κ2) is 6.22. The molecule has 0 aromatic heterocycles. The van der Waals surface area contributed by atoms with Gasteiger partial charge in [-0.2, -0.15) is 0 Å². The van der Waals surface area contributed by atoms with Gasteiger partial charge < -0.3 is 19.9 Å². The topological polar surface area (TPSA) is 57.0 Å². The van der Waals surface area contributed by atoms with E-state index in [9.17, 15) is 0 Å². The standard InChI is InChI=1S/C16H24N2O3/c1-19-13-6-3-11(9-14(13)20-2)16-15(10-17)21-8-7-18(16)12-4-5-12/h3,6,9,12,15-16H,4-5,7-8,10,17H2,1-2H3. The van der Waals surface area contributed by atoms with Crippen LogP contribution in [0.3, 0.4) is 0 Å². The molecule has 2 unspecified atom stereocenters. The number of hydrogen-bond donors (Lipinski definition) is 1. The summed E-state index contributed by atoms with van der Waals surface area (Å²) in [5.41, 5.74) is 7.12. The summed E-state index contributed by atoms with van der Waals surface area (Å²) in [5, 5.41) is 0. The van der Waals surface area contributed by atoms with Crippen LogP contribution in [0.25, 0.3) is 0 Å². The first-order valence-electron chi connectivity index (χ1n) is 7.57. The number of benzene rings is 1. The molecule has 1 aromatic rings. The Hall–Kier alpha value is -1.30. The fourth-order valence-electron chi connectivity index (χ4n) is 3.21. The molecule has 0 bridgehead atoms. The average molecular weight is 292 g/mol. The zero-order valence-electron chi connectivity index (χ0n) is 12.7. The van der Waals surface area contributed by atoms with Crippen LogP contribution in [0.1, 0.15) is 24.4 Å². The van der Waals surface area contributed by atoms with Crippen LogP contribution in [0.4, 0.5) is 0 Å². The maximum absolute atomic E-state index is 5.93. The summed E-state index contributed by atoms with van der Waals surface area (Å²) in [4.78, 5) is 2.54. The molecule has 0 spiro atoms. The minimum absolute atomic E-state index is 0.0393. The Morgan fingerprint density at radius 3 is 2.62 bits per heavy atom. The summed E-state index contributed by atoms with van der Waals surface area (Å²) < 4.78 is 16.6. The van der Waals surface area contributed by atoms with Crippen LogP contribution < -0.4 is 15.2 Å². The lowest BCUT2D eigenvalue weighted by Crippen LogP contribution is -2.49. The van der Waals surface area contributed by atoms with Crippen LogP contribution in [0, 0.1) is 0 Å². The van der Waals surface area contributed by atoms with Gasteiger partial charge in [0.15, 0.2) is 11.5 Å². The minimum Gasteiger partial charge on any atom is -0.493 e. The minimum atomic E-state index is 0.0393. The van der Waals surface area contributed by atoms with Crippen molar-refractivity contribution < 1.29 is 14.2 Å². The Labute approximate surface area is 126 Å². The average Bonchev–Trinajstić information content (AvgIpc) is 3.38. The monoisotopic (exact) mass is 292 g/mol. The molecule has 5 nitrogen and oxygen atoms in total. The van der Waals surface area contributed by atoms with E-state index in [1.807, 2.05) is 6.07 Å². The van der Waals surface area contributed by atoms with E-state index in [2.05, 4.69) is 17.0 Å². The summed E-state index contributed by atoms with van der Waals surface area (Å²) in [6.45, 7) is 2.27. The highest BCUT2D eigenvalue weighted by atomic mass is 16.5. The normalized spacial score (nSPS) is 26.6. The van der Waals surface area contributed by atoms with Gasteiger partial charge in [0.25, 0.3) is 0 Å². The van der Waals surface area contributed by atoms with Crippen LogP contribution in [0.5, 0.6) is 11.5 Å². The van der Waals surface area contributed by atoms with E-state index in [0.29, 0.717) is 12.6 Å². The molecule has 116 valence electrons. The lowest BCUT2D eigenvalue weighted by atomic mass is 9.97. The Morgan fingerprint density at radius 2 is 2.00 bits per heavy atom. The van der Waals surface area contributed by atoms with E-state index in [4.69, 9.17) is 19.9 Å². The van der Waals surface area contributed by atoms with E-state index >= 15 is 0 Å². The zero-order valence-corrected chi connectivity index (χ0v) is 12.7. The van der Waals surface area contributed by atoms with Crippen LogP contribution in [0.15, 0.2) is 18.2 Å². The molecule has 2 N–H and O–H groups in total. The van der Waals surface area contributed by atoms with E-state index in [0.717, 1.165) is 24.7 Å². The molecule has 1 aliphatic carbocycles. The predicted molar refractivity (Wildman–Crippen MR) is 80.8 cm³/mol. The highest BCUT2D eigenvalue weighted by molar-refractivity contribution is 5.44. The molecular weight excluding hydrogens is 268 g/mol. The van der Waals surface area contributed by atoms with Gasteiger partial charge in [-0.1, -0.05) is 6.07 Å². The Morgan fingerprint density at radius 1 is 1.24 bits per heavy atom. The van der Waals surface area contributed by atoms with Crippen molar-refractivity contribution >= 4 is 0 Å². The van der Waals surface area contributed by atoms with E-state index in [1.54, 1.807) is 14.2 Å². The molecule has 0 amide bonds. The molecule has 2 fully saturated rings. The smallest absolute Gasteiger partial charge is 0.161 e. The number of methoxy groups -OCH3 is 2. The molecule has 2 aliphatic rings. The molecule has 2 atom stereocenters. The first-order chi connectivity index (χ1) is 10.3. The molecule has 5 heteroatoms. The molecule has 21 heavy (non-hydrogen) atoms. The maximum atomic E-state index is 5.93. The van der Waals surface area contributed by atoms with E-state index in [1.165, 1.54) is 18.4 Å². The van der Waals surface area contributed by atoms with Crippen molar-refractivity contribution in [3.8, 4) is 11.5 Å². The third-order valence-corrected chi connectivity index (χ3v) is 4.39. The first-order valence-corrected chi connectivity index (χ1v) is 7.57. The Kier molecular flexibility index (Phi) is 4.33. The van der Waals surface area contributed by atoms with Crippen molar-refractivity contribution in [2.24, 2.45) is 5.73 Å². The third kappa shape index (κ3) is 2.86. The van der Waals surface area contributed by atoms with Crippen molar-refractivity contribution in [1.82, 2.24) is 4.90 Å². The van der Waals surface area contributed by atoms with Crippen molar-refractivity contribution in [3.63, 3.8) is 0 Å². The second-order valence-corrected chi connectivity index (χ2v) is 5.67. The molecule has 1 saturated heterocycles. The van der Waals surface area contributed by atoms with Gasteiger partial charge in [0, 0.05) is 19.1 Å². The Balaban J connectivity index is 1.93. The van der Waals surface area contributed by atoms with E-state index < -0.39 is 0 Å². The SMILES string of the molecule is COc1ccc(C2C(CN)OCCN2C2CC2)cc1OC. The summed E-state index contributed by atoms with van der Waals surface area (Å²) in [6, 6.07) is 6.99. The fraction of sp³-hybridized carbons (Fsp3) is 0.625. The highest BCUT2D eigenvalue weighted by Gasteiger charge is 2.40. The highest BCUT2D eigenvalue weighted by Crippen LogP contribution is 2.40. The van der Waals surface area contributed by atoms with Gasteiger partial charge in [0.05, 0.1) is 33.0 Å². The number of morpholine rings is 1. The number of nitrogens with zero attached hydrogens (tertiary/aromatic N) is 1.